The molecule has 2 heterocycles. The van der Waals surface area contributed by atoms with E-state index in [2.05, 4.69) is 6.92 Å². The molecule has 1 fully saturated rings. The lowest BCUT2D eigenvalue weighted by atomic mass is 9.98. The van der Waals surface area contributed by atoms with Gasteiger partial charge in [0.15, 0.2) is 0 Å². The Morgan fingerprint density at radius 2 is 2.15 bits per heavy atom. The first-order chi connectivity index (χ1) is 9.48. The van der Waals surface area contributed by atoms with Crippen molar-refractivity contribution in [3.8, 4) is 0 Å². The van der Waals surface area contributed by atoms with Crippen LogP contribution in [-0.2, 0) is 16.6 Å². The van der Waals surface area contributed by atoms with Crippen molar-refractivity contribution in [3.05, 3.63) is 15.8 Å². The van der Waals surface area contributed by atoms with E-state index in [1.807, 2.05) is 6.92 Å². The highest BCUT2D eigenvalue weighted by Crippen LogP contribution is 2.30. The van der Waals surface area contributed by atoms with Crippen molar-refractivity contribution in [2.45, 2.75) is 51.0 Å². The molecule has 2 N–H and O–H groups in total. The van der Waals surface area contributed by atoms with Crippen molar-refractivity contribution in [1.29, 1.82) is 0 Å². The Labute approximate surface area is 126 Å². The van der Waals surface area contributed by atoms with E-state index in [9.17, 15) is 8.42 Å². The van der Waals surface area contributed by atoms with Crippen molar-refractivity contribution in [2.24, 2.45) is 11.7 Å². The normalized spacial score (nSPS) is 21.9. The highest BCUT2D eigenvalue weighted by Gasteiger charge is 2.29. The fraction of sp³-hybridized carbons (Fsp3) is 0.714. The third-order valence-electron chi connectivity index (χ3n) is 4.13. The van der Waals surface area contributed by atoms with Gasteiger partial charge < -0.3 is 5.73 Å². The number of thiophene rings is 1. The third-order valence-corrected chi connectivity index (χ3v) is 7.35. The number of nitrogens with two attached hydrogens (primary N) is 1. The van der Waals surface area contributed by atoms with Crippen LogP contribution < -0.4 is 5.73 Å². The summed E-state index contributed by atoms with van der Waals surface area (Å²) in [6.07, 6.45) is 4.22. The Hall–Kier alpha value is -0.430. The summed E-state index contributed by atoms with van der Waals surface area (Å²) in [6, 6.07) is 1.75. The molecule has 1 aromatic heterocycles. The van der Waals surface area contributed by atoms with Crippen LogP contribution in [0.5, 0.6) is 0 Å². The SMILES string of the molecule is CCC1CCCN(S(=O)(=O)c2cc(CN)sc2C)CC1. The molecule has 114 valence electrons. The van der Waals surface area contributed by atoms with E-state index >= 15 is 0 Å². The van der Waals surface area contributed by atoms with E-state index < -0.39 is 10.0 Å². The minimum Gasteiger partial charge on any atom is -0.326 e. The zero-order chi connectivity index (χ0) is 14.8. The minimum absolute atomic E-state index is 0.402. The van der Waals surface area contributed by atoms with Crippen molar-refractivity contribution in [2.75, 3.05) is 13.1 Å². The monoisotopic (exact) mass is 316 g/mol. The lowest BCUT2D eigenvalue weighted by Gasteiger charge is -2.20. The predicted octanol–water partition coefficient (Wildman–Crippen LogP) is 2.72. The maximum absolute atomic E-state index is 12.8. The first-order valence-corrected chi connectivity index (χ1v) is 9.54. The van der Waals surface area contributed by atoms with Crippen LogP contribution in [0.3, 0.4) is 0 Å². The molecular formula is C14H24N2O2S2. The van der Waals surface area contributed by atoms with Gasteiger partial charge in [0, 0.05) is 29.4 Å². The molecule has 1 aliphatic rings. The Morgan fingerprint density at radius 3 is 2.75 bits per heavy atom. The maximum Gasteiger partial charge on any atom is 0.244 e. The van der Waals surface area contributed by atoms with Gasteiger partial charge in [-0.3, -0.25) is 0 Å². The number of nitrogens with zero attached hydrogens (tertiary/aromatic N) is 1. The number of hydrogen-bond acceptors (Lipinski definition) is 4. The molecule has 0 aliphatic carbocycles. The molecule has 0 bridgehead atoms. The van der Waals surface area contributed by atoms with E-state index in [1.54, 1.807) is 10.4 Å². The molecule has 6 heteroatoms. The fourth-order valence-electron chi connectivity index (χ4n) is 2.81. The Bertz CT molecular complexity index is 552. The molecule has 0 spiro atoms. The highest BCUT2D eigenvalue weighted by atomic mass is 32.2. The molecule has 1 atom stereocenters. The minimum atomic E-state index is -3.35. The van der Waals surface area contributed by atoms with E-state index in [4.69, 9.17) is 5.73 Å². The van der Waals surface area contributed by atoms with E-state index in [1.165, 1.54) is 11.3 Å². The lowest BCUT2D eigenvalue weighted by molar-refractivity contribution is 0.407. The number of rotatable bonds is 4. The Balaban J connectivity index is 2.23. The average molecular weight is 316 g/mol. The molecular weight excluding hydrogens is 292 g/mol. The van der Waals surface area contributed by atoms with Gasteiger partial charge >= 0.3 is 0 Å². The van der Waals surface area contributed by atoms with E-state index in [0.29, 0.717) is 30.4 Å². The van der Waals surface area contributed by atoms with Crippen LogP contribution in [0.15, 0.2) is 11.0 Å². The topological polar surface area (TPSA) is 63.4 Å². The van der Waals surface area contributed by atoms with Crippen LogP contribution in [0.25, 0.3) is 0 Å². The van der Waals surface area contributed by atoms with Gasteiger partial charge in [-0.05, 0) is 38.2 Å². The quantitative estimate of drug-likeness (QED) is 0.929. The predicted molar refractivity (Wildman–Crippen MR) is 83.3 cm³/mol. The molecule has 2 rings (SSSR count). The molecule has 1 unspecified atom stereocenters. The lowest BCUT2D eigenvalue weighted by Crippen LogP contribution is -2.32. The van der Waals surface area contributed by atoms with Gasteiger partial charge in [0.1, 0.15) is 0 Å². The van der Waals surface area contributed by atoms with Crippen LogP contribution in [-0.4, -0.2) is 25.8 Å². The van der Waals surface area contributed by atoms with Crippen molar-refractivity contribution >= 4 is 21.4 Å². The van der Waals surface area contributed by atoms with Crippen LogP contribution in [0.4, 0.5) is 0 Å². The molecule has 0 amide bonds. The molecule has 1 aromatic rings. The number of sulfonamides is 1. The summed E-state index contributed by atoms with van der Waals surface area (Å²) in [7, 11) is -3.35. The largest absolute Gasteiger partial charge is 0.326 e. The summed E-state index contributed by atoms with van der Waals surface area (Å²) in [5.74, 6) is 0.665. The van der Waals surface area contributed by atoms with Gasteiger partial charge in [0.2, 0.25) is 10.0 Å². The third kappa shape index (κ3) is 3.24. The van der Waals surface area contributed by atoms with Gasteiger partial charge in [-0.25, -0.2) is 8.42 Å². The molecule has 0 saturated carbocycles. The zero-order valence-corrected chi connectivity index (χ0v) is 13.9. The molecule has 4 nitrogen and oxygen atoms in total. The summed E-state index contributed by atoms with van der Waals surface area (Å²) in [6.45, 7) is 5.74. The number of aryl methyl sites for hydroxylation is 1. The summed E-state index contributed by atoms with van der Waals surface area (Å²) < 4.78 is 27.2. The van der Waals surface area contributed by atoms with E-state index in [-0.39, 0.29) is 0 Å². The molecule has 1 saturated heterocycles. The highest BCUT2D eigenvalue weighted by molar-refractivity contribution is 7.89. The molecule has 1 aliphatic heterocycles. The van der Waals surface area contributed by atoms with Gasteiger partial charge in [-0.2, -0.15) is 4.31 Å². The molecule has 0 aromatic carbocycles. The van der Waals surface area contributed by atoms with Crippen LogP contribution >= 0.6 is 11.3 Å². The number of hydrogen-bond donors (Lipinski definition) is 1. The standard InChI is InChI=1S/C14H24N2O2S2/c1-3-12-5-4-7-16(8-6-12)20(17,18)14-9-13(10-15)19-11(14)2/h9,12H,3-8,10,15H2,1-2H3. The second kappa shape index (κ2) is 6.56. The van der Waals surface area contributed by atoms with Crippen molar-refractivity contribution in [1.82, 2.24) is 4.31 Å². The summed E-state index contributed by atoms with van der Waals surface area (Å²) in [5, 5.41) is 0. The first-order valence-electron chi connectivity index (χ1n) is 7.28. The van der Waals surface area contributed by atoms with Gasteiger partial charge in [-0.15, -0.1) is 11.3 Å². The van der Waals surface area contributed by atoms with Gasteiger partial charge in [-0.1, -0.05) is 13.3 Å². The molecule has 20 heavy (non-hydrogen) atoms. The van der Waals surface area contributed by atoms with Crippen molar-refractivity contribution in [3.63, 3.8) is 0 Å². The van der Waals surface area contributed by atoms with Gasteiger partial charge in [0.25, 0.3) is 0 Å². The van der Waals surface area contributed by atoms with Crippen LogP contribution in [0, 0.1) is 12.8 Å². The van der Waals surface area contributed by atoms with Gasteiger partial charge in [0.05, 0.1) is 4.90 Å². The van der Waals surface area contributed by atoms with E-state index in [0.717, 1.165) is 35.4 Å². The van der Waals surface area contributed by atoms with Crippen LogP contribution in [0.1, 0.15) is 42.4 Å². The average Bonchev–Trinajstić information content (AvgIpc) is 2.66. The first kappa shape index (κ1) is 15.9. The summed E-state index contributed by atoms with van der Waals surface area (Å²) >= 11 is 1.48. The second-order valence-electron chi connectivity index (χ2n) is 5.45. The fourth-order valence-corrected chi connectivity index (χ4v) is 5.78. The maximum atomic E-state index is 12.8. The summed E-state index contributed by atoms with van der Waals surface area (Å²) in [4.78, 5) is 2.24. The summed E-state index contributed by atoms with van der Waals surface area (Å²) in [5.41, 5.74) is 5.62. The zero-order valence-electron chi connectivity index (χ0n) is 12.3. The van der Waals surface area contributed by atoms with Crippen molar-refractivity contribution < 1.29 is 8.42 Å². The van der Waals surface area contributed by atoms with Crippen LogP contribution in [0.2, 0.25) is 0 Å². The molecule has 0 radical (unpaired) electrons. The smallest absolute Gasteiger partial charge is 0.244 e. The Kier molecular flexibility index (Phi) is 5.23. The second-order valence-corrected chi connectivity index (χ2v) is 8.69. The Morgan fingerprint density at radius 1 is 1.40 bits per heavy atom.